The second kappa shape index (κ2) is 12.9. The molecule has 4 rings (SSSR count). The van der Waals surface area contributed by atoms with Crippen molar-refractivity contribution in [1.82, 2.24) is 19.6 Å². The third-order valence-corrected chi connectivity index (χ3v) is 7.50. The first kappa shape index (κ1) is 28.3. The van der Waals surface area contributed by atoms with Gasteiger partial charge in [0.1, 0.15) is 19.3 Å². The topological polar surface area (TPSA) is 146 Å². The molecule has 0 spiro atoms. The molecule has 0 aromatic heterocycles. The molecule has 2 atom stereocenters. The average Bonchev–Trinajstić information content (AvgIpc) is 3.36. The molecule has 39 heavy (non-hydrogen) atoms. The van der Waals surface area contributed by atoms with E-state index in [0.717, 1.165) is 12.8 Å². The number of nitrogens with zero attached hydrogens (tertiary/aromatic N) is 5. The Morgan fingerprint density at radius 1 is 1.00 bits per heavy atom. The van der Waals surface area contributed by atoms with Crippen LogP contribution in [0.25, 0.3) is 0 Å². The fourth-order valence-electron chi connectivity index (χ4n) is 5.34. The standard InChI is InChI=1S/C26H35N5O8/c1-2-15-38-25(34)29-9-7-20(8-10-29)27-11-13-28(14-12-27)24(33)23-16-22(32)17-30(23)26(35)39-18-19-3-5-21(6-4-19)31(36)37/h2-6,20,22-23,32H,1,7-18H2/t22-,23+/m1/s1. The molecule has 0 unspecified atom stereocenters. The predicted octanol–water partition coefficient (Wildman–Crippen LogP) is 1.60. The second-order valence-corrected chi connectivity index (χ2v) is 9.98. The molecule has 0 bridgehead atoms. The Labute approximate surface area is 226 Å². The lowest BCUT2D eigenvalue weighted by molar-refractivity contribution is -0.384. The van der Waals surface area contributed by atoms with E-state index in [9.17, 15) is 29.6 Å². The molecule has 212 valence electrons. The Kier molecular flexibility index (Phi) is 9.36. The first-order valence-corrected chi connectivity index (χ1v) is 13.2. The fourth-order valence-corrected chi connectivity index (χ4v) is 5.34. The van der Waals surface area contributed by atoms with Crippen LogP contribution < -0.4 is 0 Å². The van der Waals surface area contributed by atoms with Gasteiger partial charge in [-0.2, -0.15) is 0 Å². The molecule has 13 heteroatoms. The van der Waals surface area contributed by atoms with Crippen LogP contribution in [0.3, 0.4) is 0 Å². The molecule has 0 aliphatic carbocycles. The number of non-ortho nitro benzene ring substituents is 1. The number of hydrogen-bond acceptors (Lipinski definition) is 9. The van der Waals surface area contributed by atoms with Crippen molar-refractivity contribution in [3.63, 3.8) is 0 Å². The SMILES string of the molecule is C=CCOC(=O)N1CCC(N2CCN(C(=O)[C@@H]3C[C@@H](O)CN3C(=O)OCc3ccc([N+](=O)[O-])cc3)CC2)CC1. The van der Waals surface area contributed by atoms with Gasteiger partial charge in [0.2, 0.25) is 5.91 Å². The number of piperidine rings is 1. The number of nitro benzene ring substituents is 1. The summed E-state index contributed by atoms with van der Waals surface area (Å²) in [4.78, 5) is 55.5. The summed E-state index contributed by atoms with van der Waals surface area (Å²) in [7, 11) is 0. The molecule has 13 nitrogen and oxygen atoms in total. The number of β-amino-alcohol motifs (C(OH)–C–C–N with tert-alkyl or cyclic N) is 1. The van der Waals surface area contributed by atoms with Crippen molar-refractivity contribution in [3.8, 4) is 0 Å². The van der Waals surface area contributed by atoms with Gasteiger partial charge >= 0.3 is 12.2 Å². The maximum atomic E-state index is 13.3. The number of piperazine rings is 1. The summed E-state index contributed by atoms with van der Waals surface area (Å²) < 4.78 is 10.5. The van der Waals surface area contributed by atoms with Gasteiger partial charge in [-0.25, -0.2) is 9.59 Å². The van der Waals surface area contributed by atoms with E-state index in [1.807, 2.05) is 0 Å². The van der Waals surface area contributed by atoms with Crippen LogP contribution in [0.15, 0.2) is 36.9 Å². The minimum Gasteiger partial charge on any atom is -0.445 e. The van der Waals surface area contributed by atoms with Gasteiger partial charge in [0.25, 0.3) is 5.69 Å². The predicted molar refractivity (Wildman–Crippen MR) is 139 cm³/mol. The highest BCUT2D eigenvalue weighted by Gasteiger charge is 2.42. The molecule has 3 aliphatic heterocycles. The van der Waals surface area contributed by atoms with Gasteiger partial charge in [0, 0.05) is 63.9 Å². The van der Waals surface area contributed by atoms with Crippen LogP contribution in [0.1, 0.15) is 24.8 Å². The number of nitro groups is 1. The lowest BCUT2D eigenvalue weighted by atomic mass is 10.0. The molecule has 0 saturated carbocycles. The molecule has 1 aromatic carbocycles. The summed E-state index contributed by atoms with van der Waals surface area (Å²) in [6, 6.07) is 5.19. The number of carbonyl (C=O) groups excluding carboxylic acids is 3. The minimum atomic E-state index is -0.824. The molecular formula is C26H35N5O8. The highest BCUT2D eigenvalue weighted by Crippen LogP contribution is 2.24. The van der Waals surface area contributed by atoms with Crippen LogP contribution in [0.2, 0.25) is 0 Å². The van der Waals surface area contributed by atoms with Crippen LogP contribution in [0.4, 0.5) is 15.3 Å². The van der Waals surface area contributed by atoms with Crippen molar-refractivity contribution < 1.29 is 33.9 Å². The van der Waals surface area contributed by atoms with Crippen molar-refractivity contribution in [2.24, 2.45) is 0 Å². The van der Waals surface area contributed by atoms with Gasteiger partial charge in [0.15, 0.2) is 0 Å². The summed E-state index contributed by atoms with van der Waals surface area (Å²) >= 11 is 0. The molecule has 1 N–H and O–H groups in total. The lowest BCUT2D eigenvalue weighted by Crippen LogP contribution is -2.57. The quantitative estimate of drug-likeness (QED) is 0.307. The maximum absolute atomic E-state index is 13.3. The van der Waals surface area contributed by atoms with Crippen LogP contribution in [0, 0.1) is 10.1 Å². The van der Waals surface area contributed by atoms with E-state index in [1.54, 1.807) is 15.9 Å². The smallest absolute Gasteiger partial charge is 0.410 e. The highest BCUT2D eigenvalue weighted by molar-refractivity contribution is 5.86. The Balaban J connectivity index is 1.24. The van der Waals surface area contributed by atoms with E-state index < -0.39 is 23.2 Å². The van der Waals surface area contributed by atoms with Crippen molar-refractivity contribution >= 4 is 23.8 Å². The van der Waals surface area contributed by atoms with Crippen LogP contribution >= 0.6 is 0 Å². The molecule has 3 heterocycles. The van der Waals surface area contributed by atoms with Crippen molar-refractivity contribution in [2.45, 2.75) is 44.1 Å². The van der Waals surface area contributed by atoms with E-state index in [1.165, 1.54) is 29.2 Å². The Morgan fingerprint density at radius 2 is 1.67 bits per heavy atom. The zero-order chi connectivity index (χ0) is 27.9. The third-order valence-electron chi connectivity index (χ3n) is 7.50. The third kappa shape index (κ3) is 7.03. The van der Waals surface area contributed by atoms with E-state index >= 15 is 0 Å². The molecule has 3 amide bonds. The van der Waals surface area contributed by atoms with E-state index in [0.29, 0.717) is 50.9 Å². The summed E-state index contributed by atoms with van der Waals surface area (Å²) in [5.41, 5.74) is 0.514. The largest absolute Gasteiger partial charge is 0.445 e. The van der Waals surface area contributed by atoms with Crippen LogP contribution in [-0.4, -0.2) is 118 Å². The normalized spacial score (nSPS) is 22.4. The van der Waals surface area contributed by atoms with Gasteiger partial charge in [-0.05, 0) is 30.5 Å². The first-order valence-electron chi connectivity index (χ1n) is 13.2. The zero-order valence-corrected chi connectivity index (χ0v) is 21.9. The van der Waals surface area contributed by atoms with Crippen LogP contribution in [-0.2, 0) is 20.9 Å². The second-order valence-electron chi connectivity index (χ2n) is 9.98. The molecule has 3 saturated heterocycles. The number of aliphatic hydroxyl groups is 1. The van der Waals surface area contributed by atoms with Gasteiger partial charge in [-0.3, -0.25) is 24.7 Å². The van der Waals surface area contributed by atoms with Gasteiger partial charge in [-0.15, -0.1) is 0 Å². The number of amides is 3. The zero-order valence-electron chi connectivity index (χ0n) is 21.9. The number of aliphatic hydroxyl groups excluding tert-OH is 1. The molecule has 0 radical (unpaired) electrons. The first-order chi connectivity index (χ1) is 18.8. The lowest BCUT2D eigenvalue weighted by Gasteiger charge is -2.43. The van der Waals surface area contributed by atoms with Crippen molar-refractivity contribution in [1.29, 1.82) is 0 Å². The highest BCUT2D eigenvalue weighted by atomic mass is 16.6. The van der Waals surface area contributed by atoms with E-state index in [-0.39, 0.29) is 43.9 Å². The number of carbonyl (C=O) groups is 3. The Morgan fingerprint density at radius 3 is 2.28 bits per heavy atom. The summed E-state index contributed by atoms with van der Waals surface area (Å²) in [5.74, 6) is -0.210. The van der Waals surface area contributed by atoms with Gasteiger partial charge in [0.05, 0.1) is 17.6 Å². The number of rotatable bonds is 7. The molecule has 1 aromatic rings. The maximum Gasteiger partial charge on any atom is 0.410 e. The fraction of sp³-hybridized carbons (Fsp3) is 0.577. The molecule has 3 aliphatic rings. The minimum absolute atomic E-state index is 0.00325. The summed E-state index contributed by atoms with van der Waals surface area (Å²) in [6.45, 7) is 7.30. The number of likely N-dealkylation sites (tertiary alicyclic amines) is 2. The van der Waals surface area contributed by atoms with E-state index in [2.05, 4.69) is 11.5 Å². The van der Waals surface area contributed by atoms with Gasteiger partial charge < -0.3 is 24.4 Å². The number of hydrogen-bond donors (Lipinski definition) is 1. The number of benzene rings is 1. The van der Waals surface area contributed by atoms with Crippen molar-refractivity contribution in [2.75, 3.05) is 52.4 Å². The Hall–Kier alpha value is -3.71. The molecule has 3 fully saturated rings. The molecular weight excluding hydrogens is 510 g/mol. The van der Waals surface area contributed by atoms with E-state index in [4.69, 9.17) is 9.47 Å². The Bertz CT molecular complexity index is 1050. The summed E-state index contributed by atoms with van der Waals surface area (Å²) in [6.07, 6.45) is 1.50. The average molecular weight is 546 g/mol. The van der Waals surface area contributed by atoms with Crippen LogP contribution in [0.5, 0.6) is 0 Å². The van der Waals surface area contributed by atoms with Gasteiger partial charge in [-0.1, -0.05) is 12.7 Å². The number of ether oxygens (including phenoxy) is 2. The monoisotopic (exact) mass is 545 g/mol. The summed E-state index contributed by atoms with van der Waals surface area (Å²) in [5, 5.41) is 21.0. The van der Waals surface area contributed by atoms with Crippen molar-refractivity contribution in [3.05, 3.63) is 52.6 Å².